The number of benzene rings is 8. The lowest BCUT2D eigenvalue weighted by atomic mass is 9.98. The maximum absolute atomic E-state index is 6.44. The first-order chi connectivity index (χ1) is 25.2. The van der Waals surface area contributed by atoms with E-state index in [-0.39, 0.29) is 0 Å². The molecule has 1 aliphatic rings. The maximum Gasteiger partial charge on any atom is 0.164 e. The van der Waals surface area contributed by atoms with Gasteiger partial charge in [-0.15, -0.1) is 0 Å². The largest absolute Gasteiger partial charge is 0.456 e. The van der Waals surface area contributed by atoms with Gasteiger partial charge >= 0.3 is 0 Å². The van der Waals surface area contributed by atoms with E-state index in [0.29, 0.717) is 17.5 Å². The van der Waals surface area contributed by atoms with Crippen molar-refractivity contribution in [3.63, 3.8) is 0 Å². The Morgan fingerprint density at radius 3 is 1.82 bits per heavy atom. The second kappa shape index (κ2) is 10.8. The van der Waals surface area contributed by atoms with Gasteiger partial charge in [0.25, 0.3) is 0 Å². The molecule has 8 aromatic carbocycles. The highest BCUT2D eigenvalue weighted by molar-refractivity contribution is 6.16. The number of fused-ring (bicyclic) bond motifs is 7. The number of nitrogens with zero attached hydrogens (tertiary/aromatic N) is 3. The fraction of sp³-hybridized carbons (Fsp3) is 0. The predicted molar refractivity (Wildman–Crippen MR) is 208 cm³/mol. The highest BCUT2D eigenvalue weighted by Crippen LogP contribution is 2.48. The zero-order chi connectivity index (χ0) is 33.5. The maximum atomic E-state index is 6.44. The van der Waals surface area contributed by atoms with Crippen molar-refractivity contribution in [2.45, 2.75) is 0 Å². The molecule has 1 aliphatic carbocycles. The topological polar surface area (TPSA) is 51.8 Å². The molecule has 0 unspecified atom stereocenters. The van der Waals surface area contributed by atoms with E-state index < -0.39 is 0 Å². The molecule has 0 atom stereocenters. The summed E-state index contributed by atoms with van der Waals surface area (Å²) in [6.07, 6.45) is 0. The molecule has 0 N–H and O–H groups in total. The average molecular weight is 650 g/mol. The smallest absolute Gasteiger partial charge is 0.164 e. The Bertz CT molecular complexity index is 3030. The van der Waals surface area contributed by atoms with Gasteiger partial charge in [-0.2, -0.15) is 0 Å². The lowest BCUT2D eigenvalue weighted by Crippen LogP contribution is -2.00. The predicted octanol–water partition coefficient (Wildman–Crippen LogP) is 12.4. The van der Waals surface area contributed by atoms with Gasteiger partial charge in [0.2, 0.25) is 0 Å². The van der Waals surface area contributed by atoms with E-state index in [0.717, 1.165) is 49.8 Å². The van der Waals surface area contributed by atoms with Crippen LogP contribution in [0.25, 0.3) is 111 Å². The van der Waals surface area contributed by atoms with E-state index in [1.165, 1.54) is 43.8 Å². The van der Waals surface area contributed by atoms with Gasteiger partial charge in [-0.1, -0.05) is 133 Å². The summed E-state index contributed by atoms with van der Waals surface area (Å²) in [5, 5.41) is 7.00. The molecule has 2 heterocycles. The summed E-state index contributed by atoms with van der Waals surface area (Å²) in [6.45, 7) is 0. The molecule has 0 fully saturated rings. The van der Waals surface area contributed by atoms with Crippen LogP contribution in [0.4, 0.5) is 0 Å². The number of hydrogen-bond acceptors (Lipinski definition) is 4. The Balaban J connectivity index is 1.11. The first-order valence-corrected chi connectivity index (χ1v) is 17.2. The van der Waals surface area contributed by atoms with Crippen LogP contribution in [0.2, 0.25) is 0 Å². The van der Waals surface area contributed by atoms with E-state index in [4.69, 9.17) is 19.4 Å². The molecule has 0 saturated heterocycles. The van der Waals surface area contributed by atoms with Crippen LogP contribution in [0.1, 0.15) is 0 Å². The van der Waals surface area contributed by atoms with E-state index in [1.54, 1.807) is 0 Å². The third kappa shape index (κ3) is 4.37. The van der Waals surface area contributed by atoms with Gasteiger partial charge in [-0.25, -0.2) is 15.0 Å². The number of hydrogen-bond donors (Lipinski definition) is 0. The summed E-state index contributed by atoms with van der Waals surface area (Å²) in [5.74, 6) is 1.86. The van der Waals surface area contributed by atoms with E-state index in [9.17, 15) is 0 Å². The summed E-state index contributed by atoms with van der Waals surface area (Å²) >= 11 is 0. The molecule has 51 heavy (non-hydrogen) atoms. The Morgan fingerprint density at radius 1 is 0.314 bits per heavy atom. The molecule has 10 aromatic rings. The summed E-state index contributed by atoms with van der Waals surface area (Å²) in [5.41, 5.74) is 11.6. The van der Waals surface area contributed by atoms with Crippen molar-refractivity contribution >= 4 is 43.5 Å². The molecule has 0 aliphatic heterocycles. The Morgan fingerprint density at radius 2 is 0.961 bits per heavy atom. The van der Waals surface area contributed by atoms with Crippen molar-refractivity contribution in [3.05, 3.63) is 164 Å². The van der Waals surface area contributed by atoms with Crippen LogP contribution >= 0.6 is 0 Å². The van der Waals surface area contributed by atoms with Crippen molar-refractivity contribution in [1.82, 2.24) is 15.0 Å². The van der Waals surface area contributed by atoms with Crippen molar-refractivity contribution in [2.24, 2.45) is 0 Å². The van der Waals surface area contributed by atoms with Crippen LogP contribution < -0.4 is 0 Å². The van der Waals surface area contributed by atoms with Crippen LogP contribution in [0, 0.1) is 0 Å². The molecule has 0 radical (unpaired) electrons. The monoisotopic (exact) mass is 649 g/mol. The van der Waals surface area contributed by atoms with Crippen LogP contribution in [0.15, 0.2) is 168 Å². The second-order valence-corrected chi connectivity index (χ2v) is 13.2. The van der Waals surface area contributed by atoms with E-state index in [2.05, 4.69) is 121 Å². The quantitative estimate of drug-likeness (QED) is 0.190. The fourth-order valence-electron chi connectivity index (χ4n) is 7.83. The molecular weight excluding hydrogens is 623 g/mol. The molecular formula is C47H27N3O. The number of rotatable bonds is 4. The van der Waals surface area contributed by atoms with Gasteiger partial charge in [-0.3, -0.25) is 0 Å². The molecule has 4 nitrogen and oxygen atoms in total. The Labute approximate surface area is 293 Å². The summed E-state index contributed by atoms with van der Waals surface area (Å²) in [4.78, 5) is 15.4. The molecule has 0 amide bonds. The second-order valence-electron chi connectivity index (χ2n) is 13.2. The van der Waals surface area contributed by atoms with Gasteiger partial charge in [-0.05, 0) is 85.3 Å². The SMILES string of the molecule is c1ccc(-c2nc(-c3ccc4c(c3)-c3cccc5cccc-4c35)nc(-c3cccc4oc5ccc(-c6ccc7ccccc7c6)cc5c34)n2)cc1. The summed E-state index contributed by atoms with van der Waals surface area (Å²) in [6, 6.07) is 57.5. The third-order valence-electron chi connectivity index (χ3n) is 10.2. The average Bonchev–Trinajstić information content (AvgIpc) is 3.74. The normalized spacial score (nSPS) is 11.9. The first-order valence-electron chi connectivity index (χ1n) is 17.2. The zero-order valence-electron chi connectivity index (χ0n) is 27.3. The molecule has 0 bridgehead atoms. The number of aromatic nitrogens is 3. The first kappa shape index (κ1) is 28.0. The van der Waals surface area contributed by atoms with Gasteiger partial charge < -0.3 is 4.42 Å². The molecule has 236 valence electrons. The number of furan rings is 1. The molecule has 2 aromatic heterocycles. The zero-order valence-corrected chi connectivity index (χ0v) is 27.3. The Hall–Kier alpha value is -6.91. The molecule has 0 spiro atoms. The highest BCUT2D eigenvalue weighted by atomic mass is 16.3. The van der Waals surface area contributed by atoms with Gasteiger partial charge in [0.1, 0.15) is 11.2 Å². The highest BCUT2D eigenvalue weighted by Gasteiger charge is 2.23. The van der Waals surface area contributed by atoms with Gasteiger partial charge in [0.05, 0.1) is 0 Å². The van der Waals surface area contributed by atoms with Crippen molar-refractivity contribution in [1.29, 1.82) is 0 Å². The minimum atomic E-state index is 0.606. The lowest BCUT2D eigenvalue weighted by molar-refractivity contribution is 0.669. The van der Waals surface area contributed by atoms with Crippen molar-refractivity contribution in [2.75, 3.05) is 0 Å². The minimum Gasteiger partial charge on any atom is -0.456 e. The van der Waals surface area contributed by atoms with Crippen LogP contribution in [-0.2, 0) is 0 Å². The minimum absolute atomic E-state index is 0.606. The summed E-state index contributed by atoms with van der Waals surface area (Å²) in [7, 11) is 0. The molecule has 11 rings (SSSR count). The van der Waals surface area contributed by atoms with Crippen molar-refractivity contribution in [3.8, 4) is 67.5 Å². The van der Waals surface area contributed by atoms with Gasteiger partial charge in [0.15, 0.2) is 17.5 Å². The van der Waals surface area contributed by atoms with Crippen LogP contribution in [-0.4, -0.2) is 15.0 Å². The molecule has 0 saturated carbocycles. The van der Waals surface area contributed by atoms with Gasteiger partial charge in [0, 0.05) is 27.5 Å². The Kier molecular flexibility index (Phi) is 5.92. The van der Waals surface area contributed by atoms with E-state index in [1.807, 2.05) is 42.5 Å². The summed E-state index contributed by atoms with van der Waals surface area (Å²) < 4.78 is 6.44. The van der Waals surface area contributed by atoms with Crippen molar-refractivity contribution < 1.29 is 4.42 Å². The van der Waals surface area contributed by atoms with Crippen LogP contribution in [0.5, 0.6) is 0 Å². The third-order valence-corrected chi connectivity index (χ3v) is 10.2. The fourth-order valence-corrected chi connectivity index (χ4v) is 7.83. The lowest BCUT2D eigenvalue weighted by Gasteiger charge is -2.11. The van der Waals surface area contributed by atoms with E-state index >= 15 is 0 Å². The standard InChI is InChI=1S/C47H27N3O/c1-2-10-30(11-3-1)45-48-46(34-21-23-35-36-15-6-13-29-14-7-16-37(43(29)36)39(35)27-34)50-47(49-45)38-17-8-18-42-44(38)40-26-33(22-24-41(40)51-42)32-20-19-28-9-4-5-12-31(28)25-32/h1-27H. The molecule has 4 heteroatoms. The van der Waals surface area contributed by atoms with Crippen LogP contribution in [0.3, 0.4) is 0 Å².